The van der Waals surface area contributed by atoms with Crippen LogP contribution in [-0.4, -0.2) is 23.8 Å². The normalized spacial score (nSPS) is 33.5. The molecule has 2 nitrogen and oxygen atoms in total. The molecule has 100 valence electrons. The van der Waals surface area contributed by atoms with Crippen molar-refractivity contribution in [2.45, 2.75) is 70.3 Å². The molecule has 0 aliphatic heterocycles. The summed E-state index contributed by atoms with van der Waals surface area (Å²) in [6.45, 7) is 4.31. The van der Waals surface area contributed by atoms with Crippen molar-refractivity contribution in [2.24, 2.45) is 11.8 Å². The third-order valence-electron chi connectivity index (χ3n) is 4.81. The highest BCUT2D eigenvalue weighted by atomic mass is 16.3. The first kappa shape index (κ1) is 13.4. The Morgan fingerprint density at radius 3 is 2.35 bits per heavy atom. The zero-order valence-electron chi connectivity index (χ0n) is 11.4. The van der Waals surface area contributed by atoms with E-state index < -0.39 is 0 Å². The van der Waals surface area contributed by atoms with Crippen LogP contribution in [0.4, 0.5) is 0 Å². The molecule has 2 saturated carbocycles. The third kappa shape index (κ3) is 4.26. The van der Waals surface area contributed by atoms with Gasteiger partial charge in [0.05, 0.1) is 5.60 Å². The molecule has 0 amide bonds. The van der Waals surface area contributed by atoms with Crippen LogP contribution in [0.3, 0.4) is 0 Å². The van der Waals surface area contributed by atoms with E-state index in [1.54, 1.807) is 0 Å². The van der Waals surface area contributed by atoms with Crippen LogP contribution in [0, 0.1) is 11.8 Å². The van der Waals surface area contributed by atoms with Crippen molar-refractivity contribution >= 4 is 0 Å². The van der Waals surface area contributed by atoms with Gasteiger partial charge in [0.2, 0.25) is 0 Å². The lowest BCUT2D eigenvalue weighted by molar-refractivity contribution is 0.00392. The van der Waals surface area contributed by atoms with E-state index in [2.05, 4.69) is 12.2 Å². The molecule has 0 aromatic carbocycles. The third-order valence-corrected chi connectivity index (χ3v) is 4.81. The van der Waals surface area contributed by atoms with Gasteiger partial charge < -0.3 is 10.4 Å². The molecule has 0 bridgehead atoms. The average molecular weight is 239 g/mol. The second-order valence-electron chi connectivity index (χ2n) is 6.54. The van der Waals surface area contributed by atoms with E-state index in [0.29, 0.717) is 0 Å². The Kier molecular flexibility index (Phi) is 4.87. The maximum atomic E-state index is 10.4. The summed E-state index contributed by atoms with van der Waals surface area (Å²) >= 11 is 0. The summed E-state index contributed by atoms with van der Waals surface area (Å²) in [5.41, 5.74) is -0.389. The smallest absolute Gasteiger partial charge is 0.0771 e. The molecule has 2 aliphatic carbocycles. The van der Waals surface area contributed by atoms with Gasteiger partial charge in [-0.05, 0) is 44.1 Å². The van der Waals surface area contributed by atoms with Crippen LogP contribution in [-0.2, 0) is 0 Å². The molecule has 0 aromatic heterocycles. The molecule has 0 unspecified atom stereocenters. The zero-order valence-corrected chi connectivity index (χ0v) is 11.4. The van der Waals surface area contributed by atoms with Gasteiger partial charge >= 0.3 is 0 Å². The molecule has 0 radical (unpaired) electrons. The Morgan fingerprint density at radius 2 is 1.71 bits per heavy atom. The fourth-order valence-electron chi connectivity index (χ4n) is 3.43. The van der Waals surface area contributed by atoms with Crippen LogP contribution >= 0.6 is 0 Å². The van der Waals surface area contributed by atoms with Crippen molar-refractivity contribution in [1.82, 2.24) is 5.32 Å². The lowest BCUT2D eigenvalue weighted by Crippen LogP contribution is -2.43. The molecule has 0 aromatic rings. The second-order valence-corrected chi connectivity index (χ2v) is 6.54. The van der Waals surface area contributed by atoms with Crippen molar-refractivity contribution in [2.75, 3.05) is 13.1 Å². The summed E-state index contributed by atoms with van der Waals surface area (Å²) in [4.78, 5) is 0. The quantitative estimate of drug-likeness (QED) is 0.790. The minimum Gasteiger partial charge on any atom is -0.389 e. The van der Waals surface area contributed by atoms with Gasteiger partial charge in [0.15, 0.2) is 0 Å². The predicted molar refractivity (Wildman–Crippen MR) is 72.0 cm³/mol. The number of hydrogen-bond acceptors (Lipinski definition) is 2. The molecular formula is C15H29NO. The summed E-state index contributed by atoms with van der Waals surface area (Å²) < 4.78 is 0. The maximum Gasteiger partial charge on any atom is 0.0771 e. The lowest BCUT2D eigenvalue weighted by atomic mass is 9.82. The van der Waals surface area contributed by atoms with Gasteiger partial charge in [-0.2, -0.15) is 0 Å². The van der Waals surface area contributed by atoms with Crippen molar-refractivity contribution in [1.29, 1.82) is 0 Å². The van der Waals surface area contributed by atoms with E-state index in [4.69, 9.17) is 0 Å². The monoisotopic (exact) mass is 239 g/mol. The molecule has 2 fully saturated rings. The van der Waals surface area contributed by atoms with E-state index >= 15 is 0 Å². The van der Waals surface area contributed by atoms with E-state index in [-0.39, 0.29) is 5.60 Å². The summed E-state index contributed by atoms with van der Waals surface area (Å²) in [6, 6.07) is 0. The largest absolute Gasteiger partial charge is 0.389 e. The number of rotatable bonds is 4. The minimum absolute atomic E-state index is 0.389. The topological polar surface area (TPSA) is 32.3 Å². The van der Waals surface area contributed by atoms with Gasteiger partial charge in [0, 0.05) is 6.54 Å². The highest BCUT2D eigenvalue weighted by molar-refractivity contribution is 4.85. The van der Waals surface area contributed by atoms with Crippen molar-refractivity contribution < 1.29 is 5.11 Å². The van der Waals surface area contributed by atoms with Gasteiger partial charge in [-0.1, -0.05) is 39.0 Å². The van der Waals surface area contributed by atoms with E-state index in [1.165, 1.54) is 44.9 Å². The zero-order chi connectivity index (χ0) is 12.1. The molecular weight excluding hydrogens is 210 g/mol. The summed E-state index contributed by atoms with van der Waals surface area (Å²) in [7, 11) is 0. The van der Waals surface area contributed by atoms with Crippen LogP contribution in [0.2, 0.25) is 0 Å². The molecule has 0 heterocycles. The van der Waals surface area contributed by atoms with Crippen LogP contribution in [0.25, 0.3) is 0 Å². The van der Waals surface area contributed by atoms with E-state index in [0.717, 1.165) is 37.8 Å². The maximum absolute atomic E-state index is 10.4. The van der Waals surface area contributed by atoms with Gasteiger partial charge in [-0.3, -0.25) is 0 Å². The molecule has 2 heteroatoms. The highest BCUT2D eigenvalue weighted by Gasteiger charge is 2.29. The molecule has 0 atom stereocenters. The molecule has 0 spiro atoms. The van der Waals surface area contributed by atoms with E-state index in [9.17, 15) is 5.11 Å². The van der Waals surface area contributed by atoms with Crippen molar-refractivity contribution in [3.05, 3.63) is 0 Å². The first-order valence-electron chi connectivity index (χ1n) is 7.61. The number of aliphatic hydroxyl groups is 1. The Hall–Kier alpha value is -0.0800. The Bertz CT molecular complexity index is 215. The van der Waals surface area contributed by atoms with Gasteiger partial charge in [0.25, 0.3) is 0 Å². The summed E-state index contributed by atoms with van der Waals surface area (Å²) in [5, 5.41) is 13.9. The minimum atomic E-state index is -0.389. The van der Waals surface area contributed by atoms with Crippen LogP contribution in [0.1, 0.15) is 64.7 Å². The number of hydrogen-bond donors (Lipinski definition) is 2. The SMILES string of the molecule is CC1CCC(CNCC2(O)CCCCC2)CC1. The molecule has 2 aliphatic rings. The van der Waals surface area contributed by atoms with Crippen molar-refractivity contribution in [3.63, 3.8) is 0 Å². The Morgan fingerprint density at radius 1 is 1.06 bits per heavy atom. The Labute approximate surface area is 106 Å². The standard InChI is InChI=1S/C15H29NO/c1-13-5-7-14(8-6-13)11-16-12-15(17)9-3-2-4-10-15/h13-14,16-17H,2-12H2,1H3. The Balaban J connectivity index is 1.62. The lowest BCUT2D eigenvalue weighted by Gasteiger charge is -2.33. The fourth-order valence-corrected chi connectivity index (χ4v) is 3.43. The molecule has 0 saturated heterocycles. The predicted octanol–water partition coefficient (Wildman–Crippen LogP) is 3.10. The highest BCUT2D eigenvalue weighted by Crippen LogP contribution is 2.29. The molecule has 2 N–H and O–H groups in total. The average Bonchev–Trinajstić information content (AvgIpc) is 2.32. The first-order valence-corrected chi connectivity index (χ1v) is 7.61. The molecule has 17 heavy (non-hydrogen) atoms. The second kappa shape index (κ2) is 6.19. The van der Waals surface area contributed by atoms with Crippen LogP contribution in [0.15, 0.2) is 0 Å². The first-order chi connectivity index (χ1) is 8.18. The fraction of sp³-hybridized carbons (Fsp3) is 1.00. The van der Waals surface area contributed by atoms with Crippen LogP contribution in [0.5, 0.6) is 0 Å². The van der Waals surface area contributed by atoms with Crippen LogP contribution < -0.4 is 5.32 Å². The molecule has 2 rings (SSSR count). The van der Waals surface area contributed by atoms with E-state index in [1.807, 2.05) is 0 Å². The van der Waals surface area contributed by atoms with Gasteiger partial charge in [-0.15, -0.1) is 0 Å². The van der Waals surface area contributed by atoms with Gasteiger partial charge in [-0.25, -0.2) is 0 Å². The summed E-state index contributed by atoms with van der Waals surface area (Å²) in [5.74, 6) is 1.80. The van der Waals surface area contributed by atoms with Crippen molar-refractivity contribution in [3.8, 4) is 0 Å². The summed E-state index contributed by atoms with van der Waals surface area (Å²) in [6.07, 6.45) is 11.3. The van der Waals surface area contributed by atoms with Gasteiger partial charge in [0.1, 0.15) is 0 Å². The number of nitrogens with one attached hydrogen (secondary N) is 1.